The zero-order chi connectivity index (χ0) is 30.9. The van der Waals surface area contributed by atoms with E-state index >= 15 is 0 Å². The normalized spacial score (nSPS) is 12.4. The van der Waals surface area contributed by atoms with Crippen LogP contribution >= 0.6 is 0 Å². The van der Waals surface area contributed by atoms with Gasteiger partial charge >= 0.3 is 11.9 Å². The van der Waals surface area contributed by atoms with Crippen molar-refractivity contribution >= 4 is 35.7 Å². The van der Waals surface area contributed by atoms with Crippen LogP contribution in [-0.2, 0) is 28.7 Å². The van der Waals surface area contributed by atoms with E-state index in [4.69, 9.17) is 18.9 Å². The fourth-order valence-electron chi connectivity index (χ4n) is 3.09. The van der Waals surface area contributed by atoms with E-state index in [0.717, 1.165) is 6.08 Å². The number of aliphatic hydroxyl groups excluding tert-OH is 2. The maximum absolute atomic E-state index is 12.2. The van der Waals surface area contributed by atoms with E-state index in [1.54, 1.807) is 60.7 Å². The zero-order valence-electron chi connectivity index (χ0n) is 23.3. The Kier molecular flexibility index (Phi) is 14.2. The van der Waals surface area contributed by atoms with Gasteiger partial charge in [0.1, 0.15) is 37.4 Å². The Morgan fingerprint density at radius 2 is 1.38 bits per heavy atom. The summed E-state index contributed by atoms with van der Waals surface area (Å²) in [7, 11) is 0. The quantitative estimate of drug-likeness (QED) is 0.154. The molecule has 0 heterocycles. The van der Waals surface area contributed by atoms with Crippen molar-refractivity contribution in [2.75, 3.05) is 26.4 Å². The molecule has 0 spiro atoms. The van der Waals surface area contributed by atoms with Gasteiger partial charge in [0, 0.05) is 11.6 Å². The minimum atomic E-state index is -0.998. The maximum Gasteiger partial charge on any atom is 0.333 e. The molecule has 0 radical (unpaired) electrons. The summed E-state index contributed by atoms with van der Waals surface area (Å²) in [5, 5.41) is 19.2. The summed E-state index contributed by atoms with van der Waals surface area (Å²) < 4.78 is 20.8. The van der Waals surface area contributed by atoms with Crippen molar-refractivity contribution < 1.29 is 48.3 Å². The summed E-state index contributed by atoms with van der Waals surface area (Å²) in [6, 6.07) is 13.4. The molecular formula is C32H34O10. The van der Waals surface area contributed by atoms with E-state index in [-0.39, 0.29) is 50.0 Å². The molecule has 2 unspecified atom stereocenters. The van der Waals surface area contributed by atoms with Crippen molar-refractivity contribution in [1.82, 2.24) is 0 Å². The van der Waals surface area contributed by atoms with Crippen LogP contribution < -0.4 is 9.47 Å². The highest BCUT2D eigenvalue weighted by Crippen LogP contribution is 2.16. The third-order valence-electron chi connectivity index (χ3n) is 5.31. The number of hydrogen-bond acceptors (Lipinski definition) is 10. The van der Waals surface area contributed by atoms with Crippen molar-refractivity contribution in [3.05, 3.63) is 96.6 Å². The molecule has 0 aliphatic carbocycles. The van der Waals surface area contributed by atoms with Gasteiger partial charge in [0.15, 0.2) is 17.7 Å². The van der Waals surface area contributed by atoms with E-state index in [1.807, 2.05) is 0 Å². The highest BCUT2D eigenvalue weighted by Gasteiger charge is 2.13. The fraction of sp³-hybridized carbons (Fsp3) is 0.250. The van der Waals surface area contributed by atoms with Gasteiger partial charge in [-0.2, -0.15) is 0 Å². The van der Waals surface area contributed by atoms with Crippen LogP contribution in [0.1, 0.15) is 24.5 Å². The Bertz CT molecular complexity index is 1290. The van der Waals surface area contributed by atoms with Gasteiger partial charge in [-0.3, -0.25) is 9.59 Å². The van der Waals surface area contributed by atoms with Crippen LogP contribution in [0.4, 0.5) is 0 Å². The van der Waals surface area contributed by atoms with Gasteiger partial charge in [0.05, 0.1) is 13.0 Å². The van der Waals surface area contributed by atoms with Crippen LogP contribution in [0, 0.1) is 0 Å². The molecule has 222 valence electrons. The molecule has 2 rings (SSSR count). The number of aliphatic hydroxyl groups is 2. The molecule has 42 heavy (non-hydrogen) atoms. The molecule has 0 aliphatic rings. The summed E-state index contributed by atoms with van der Waals surface area (Å²) in [4.78, 5) is 46.9. The second-order valence-electron chi connectivity index (χ2n) is 9.01. The molecule has 0 aliphatic heterocycles. The largest absolute Gasteiger partial charge is 0.491 e. The summed E-state index contributed by atoms with van der Waals surface area (Å²) >= 11 is 0. The Labute approximate surface area is 244 Å². The SMILES string of the molecule is C=CC(=O)OCC(O)COc1ccc(/C=C/C(=O)CC(=O)/C=C/c2ccc(OC(CO)COC(=O)C(=C)C)cc2)cc1. The van der Waals surface area contributed by atoms with E-state index in [9.17, 15) is 29.4 Å². The Morgan fingerprint density at radius 3 is 1.88 bits per heavy atom. The Morgan fingerprint density at radius 1 is 0.833 bits per heavy atom. The summed E-state index contributed by atoms with van der Waals surface area (Å²) in [5.74, 6) is -1.03. The van der Waals surface area contributed by atoms with E-state index < -0.39 is 24.1 Å². The number of ether oxygens (including phenoxy) is 4. The van der Waals surface area contributed by atoms with Crippen molar-refractivity contribution in [2.24, 2.45) is 0 Å². The molecule has 2 N–H and O–H groups in total. The first-order valence-electron chi connectivity index (χ1n) is 12.9. The van der Waals surface area contributed by atoms with Crippen LogP contribution in [0.15, 0.2) is 85.5 Å². The molecule has 0 saturated heterocycles. The first kappa shape index (κ1) is 33.4. The molecule has 0 bridgehead atoms. The molecule has 10 nitrogen and oxygen atoms in total. The number of esters is 2. The summed E-state index contributed by atoms with van der Waals surface area (Å²) in [5.41, 5.74) is 1.65. The molecule has 0 fully saturated rings. The standard InChI is InChI=1S/C32H34O10/c1-4-31(37)40-20-27(36)19-39-28-13-7-23(8-14-28)5-11-25(34)17-26(35)12-6-24-9-15-29(16-10-24)42-30(18-33)21-41-32(38)22(2)3/h4-16,27,30,33,36H,1-2,17-21H2,3H3/b11-5+,12-6+. The van der Waals surface area contributed by atoms with Gasteiger partial charge in [-0.1, -0.05) is 49.6 Å². The van der Waals surface area contributed by atoms with Crippen LogP contribution in [0.3, 0.4) is 0 Å². The van der Waals surface area contributed by atoms with Crippen molar-refractivity contribution in [3.8, 4) is 11.5 Å². The number of allylic oxidation sites excluding steroid dienone is 2. The van der Waals surface area contributed by atoms with Crippen LogP contribution in [-0.4, -0.2) is 72.4 Å². The fourth-order valence-corrected chi connectivity index (χ4v) is 3.09. The zero-order valence-corrected chi connectivity index (χ0v) is 23.3. The lowest BCUT2D eigenvalue weighted by molar-refractivity contribution is -0.142. The number of carbonyl (C=O) groups is 4. The second kappa shape index (κ2) is 17.8. The van der Waals surface area contributed by atoms with Gasteiger partial charge in [0.25, 0.3) is 0 Å². The molecule has 10 heteroatoms. The third-order valence-corrected chi connectivity index (χ3v) is 5.31. The first-order chi connectivity index (χ1) is 20.1. The monoisotopic (exact) mass is 578 g/mol. The average molecular weight is 579 g/mol. The number of hydrogen-bond donors (Lipinski definition) is 2. The van der Waals surface area contributed by atoms with Crippen molar-refractivity contribution in [1.29, 1.82) is 0 Å². The summed E-state index contributed by atoms with van der Waals surface area (Å²) in [6.07, 6.45) is 4.73. The number of carbonyl (C=O) groups excluding carboxylic acids is 4. The first-order valence-corrected chi connectivity index (χ1v) is 12.9. The number of ketones is 2. The second-order valence-corrected chi connectivity index (χ2v) is 9.01. The predicted octanol–water partition coefficient (Wildman–Crippen LogP) is 3.27. The highest BCUT2D eigenvalue weighted by molar-refractivity contribution is 6.10. The minimum absolute atomic E-state index is 0.0788. The molecule has 2 atom stereocenters. The summed E-state index contributed by atoms with van der Waals surface area (Å²) in [6.45, 7) is 7.49. The van der Waals surface area contributed by atoms with E-state index in [0.29, 0.717) is 22.6 Å². The maximum atomic E-state index is 12.2. The molecule has 0 aromatic heterocycles. The van der Waals surface area contributed by atoms with E-state index in [1.165, 1.54) is 19.1 Å². The average Bonchev–Trinajstić information content (AvgIpc) is 2.99. The number of benzene rings is 2. The molecule has 0 amide bonds. The van der Waals surface area contributed by atoms with E-state index in [2.05, 4.69) is 13.2 Å². The highest BCUT2D eigenvalue weighted by atomic mass is 16.6. The topological polar surface area (TPSA) is 146 Å². The lowest BCUT2D eigenvalue weighted by atomic mass is 10.1. The Balaban J connectivity index is 1.77. The lowest BCUT2D eigenvalue weighted by Gasteiger charge is -2.17. The molecule has 2 aromatic carbocycles. The van der Waals surface area contributed by atoms with Crippen LogP contribution in [0.5, 0.6) is 11.5 Å². The minimum Gasteiger partial charge on any atom is -0.491 e. The van der Waals surface area contributed by atoms with Gasteiger partial charge in [-0.15, -0.1) is 0 Å². The smallest absolute Gasteiger partial charge is 0.333 e. The van der Waals surface area contributed by atoms with Crippen molar-refractivity contribution in [2.45, 2.75) is 25.6 Å². The van der Waals surface area contributed by atoms with Gasteiger partial charge < -0.3 is 29.2 Å². The molecule has 0 saturated carbocycles. The molecule has 2 aromatic rings. The third kappa shape index (κ3) is 13.0. The lowest BCUT2D eigenvalue weighted by Crippen LogP contribution is -2.28. The van der Waals surface area contributed by atoms with Gasteiger partial charge in [-0.05, 0) is 54.5 Å². The van der Waals surface area contributed by atoms with Gasteiger partial charge in [-0.25, -0.2) is 9.59 Å². The predicted molar refractivity (Wildman–Crippen MR) is 156 cm³/mol. The van der Waals surface area contributed by atoms with Crippen molar-refractivity contribution in [3.63, 3.8) is 0 Å². The molecular weight excluding hydrogens is 544 g/mol. The Hall–Kier alpha value is -4.80. The number of rotatable bonds is 18. The van der Waals surface area contributed by atoms with Gasteiger partial charge in [0.2, 0.25) is 0 Å². The van der Waals surface area contributed by atoms with Crippen LogP contribution in [0.25, 0.3) is 12.2 Å². The van der Waals surface area contributed by atoms with Crippen LogP contribution in [0.2, 0.25) is 0 Å².